The van der Waals surface area contributed by atoms with Crippen molar-refractivity contribution < 1.29 is 73.5 Å². The Labute approximate surface area is 296 Å². The van der Waals surface area contributed by atoms with Crippen molar-refractivity contribution in [2.75, 3.05) is 19.8 Å². The summed E-state index contributed by atoms with van der Waals surface area (Å²) in [4.78, 5) is 10.5. The first-order valence-electron chi connectivity index (χ1n) is 16.9. The SMILES string of the molecule is NC[C@H]1O[C@@H](O[C@H]2[C@@H](O)[C@H](O[C@H]3[C@H](O)[C@@H](N)C[C@@H](N)[C@@H]3O[C@H]3O[C@@H]4CO[C@@H](c5ccc([N+](=O)[O-])cc5)O[C@H]4[C@H](O)[C@H]3N)O[C@@H]2CO)[C@@H](N)[C@H](O)[C@H]1O. The van der Waals surface area contributed by atoms with E-state index in [2.05, 4.69) is 0 Å². The van der Waals surface area contributed by atoms with Gasteiger partial charge < -0.3 is 97.2 Å². The first-order valence-corrected chi connectivity index (χ1v) is 16.9. The molecular weight excluding hydrogens is 700 g/mol. The summed E-state index contributed by atoms with van der Waals surface area (Å²) in [5.74, 6) is 0. The van der Waals surface area contributed by atoms with E-state index < -0.39 is 134 Å². The number of aliphatic hydroxyl groups is 6. The highest BCUT2D eigenvalue weighted by Crippen LogP contribution is 2.37. The van der Waals surface area contributed by atoms with Crippen LogP contribution in [0.3, 0.4) is 0 Å². The molecule has 5 aliphatic rings. The molecule has 6 rings (SSSR count). The second-order valence-electron chi connectivity index (χ2n) is 13.6. The largest absolute Gasteiger partial charge is 0.394 e. The second-order valence-corrected chi connectivity index (χ2v) is 13.6. The van der Waals surface area contributed by atoms with Crippen LogP contribution in [0.2, 0.25) is 0 Å². The van der Waals surface area contributed by atoms with Gasteiger partial charge in [-0.2, -0.15) is 0 Å². The molecule has 52 heavy (non-hydrogen) atoms. The molecule has 1 aromatic carbocycles. The molecule has 0 unspecified atom stereocenters. The lowest BCUT2D eigenvalue weighted by Gasteiger charge is -2.49. The lowest BCUT2D eigenvalue weighted by molar-refractivity contribution is -0.385. The van der Waals surface area contributed by atoms with Crippen molar-refractivity contribution in [2.24, 2.45) is 28.7 Å². The van der Waals surface area contributed by atoms with Crippen molar-refractivity contribution in [3.8, 4) is 0 Å². The lowest BCUT2D eigenvalue weighted by Crippen LogP contribution is -2.69. The molecule has 4 saturated heterocycles. The standard InChI is InChI=1S/C30H48N6O16/c31-6-13-19(39)20(40)16(34)28(46-13)51-24-14(7-37)47-30(22(24)42)52-26-18(38)11(32)5-12(33)23(26)49-29-17(35)21(41)25-15(48-29)8-45-27(50-25)9-1-3-10(4-2-9)36(43)44/h1-4,11-30,37-42H,5-8,31-35H2/t11-,12+,13+,14+,15+,16-,17+,18+,19-,20-,21+,22+,23-,24+,25+,26-,27+,28-,29+,30-/m0/s1. The van der Waals surface area contributed by atoms with Crippen molar-refractivity contribution in [1.29, 1.82) is 0 Å². The fraction of sp³-hybridized carbons (Fsp3) is 0.800. The molecule has 0 aromatic heterocycles. The lowest BCUT2D eigenvalue weighted by atomic mass is 9.84. The van der Waals surface area contributed by atoms with Gasteiger partial charge in [-0.05, 0) is 18.6 Å². The molecule has 0 amide bonds. The highest BCUT2D eigenvalue weighted by atomic mass is 16.8. The molecule has 20 atom stereocenters. The normalized spacial score (nSPS) is 48.3. The fourth-order valence-electron chi connectivity index (χ4n) is 7.13. The number of nitro benzene ring substituents is 1. The Kier molecular flexibility index (Phi) is 12.4. The van der Waals surface area contributed by atoms with Crippen LogP contribution in [0.5, 0.6) is 0 Å². The summed E-state index contributed by atoms with van der Waals surface area (Å²) in [5.41, 5.74) is 31.0. The first-order chi connectivity index (χ1) is 24.7. The third kappa shape index (κ3) is 7.70. The van der Waals surface area contributed by atoms with Crippen LogP contribution >= 0.6 is 0 Å². The van der Waals surface area contributed by atoms with Crippen molar-refractivity contribution >= 4 is 5.69 Å². The van der Waals surface area contributed by atoms with E-state index in [9.17, 15) is 40.8 Å². The van der Waals surface area contributed by atoms with Crippen LogP contribution in [-0.2, 0) is 37.9 Å². The minimum absolute atomic E-state index is 0.0673. The Balaban J connectivity index is 1.13. The summed E-state index contributed by atoms with van der Waals surface area (Å²) >= 11 is 0. The highest BCUT2D eigenvalue weighted by molar-refractivity contribution is 5.33. The molecule has 0 radical (unpaired) electrons. The van der Waals surface area contributed by atoms with Crippen LogP contribution in [0.4, 0.5) is 5.69 Å². The summed E-state index contributed by atoms with van der Waals surface area (Å²) in [6.45, 7) is -0.926. The molecule has 294 valence electrons. The van der Waals surface area contributed by atoms with Gasteiger partial charge in [-0.1, -0.05) is 0 Å². The molecule has 4 heterocycles. The Morgan fingerprint density at radius 3 is 2.00 bits per heavy atom. The molecular formula is C30H48N6O16. The Morgan fingerprint density at radius 2 is 1.35 bits per heavy atom. The number of rotatable bonds is 10. The molecule has 22 heteroatoms. The Hall–Kier alpha value is -2.14. The van der Waals surface area contributed by atoms with E-state index in [-0.39, 0.29) is 25.3 Å². The van der Waals surface area contributed by atoms with Crippen LogP contribution in [0.15, 0.2) is 24.3 Å². The quantitative estimate of drug-likeness (QED) is 0.0783. The maximum Gasteiger partial charge on any atom is 0.269 e. The zero-order chi connectivity index (χ0) is 37.6. The minimum atomic E-state index is -1.63. The van der Waals surface area contributed by atoms with E-state index in [0.29, 0.717) is 5.56 Å². The molecule has 1 saturated carbocycles. The maximum absolute atomic E-state index is 11.3. The van der Waals surface area contributed by atoms with Crippen LogP contribution in [-0.4, -0.2) is 172 Å². The molecule has 1 aliphatic carbocycles. The van der Waals surface area contributed by atoms with Gasteiger partial charge in [-0.3, -0.25) is 10.1 Å². The molecule has 16 N–H and O–H groups in total. The van der Waals surface area contributed by atoms with Gasteiger partial charge in [-0.25, -0.2) is 0 Å². The number of non-ortho nitro benzene ring substituents is 1. The number of nitrogens with zero attached hydrogens (tertiary/aromatic N) is 1. The van der Waals surface area contributed by atoms with Crippen molar-refractivity contribution in [3.05, 3.63) is 39.9 Å². The number of nitrogens with two attached hydrogens (primary N) is 5. The predicted octanol–water partition coefficient (Wildman–Crippen LogP) is -6.19. The molecule has 22 nitrogen and oxygen atoms in total. The minimum Gasteiger partial charge on any atom is -0.394 e. The Morgan fingerprint density at radius 1 is 0.731 bits per heavy atom. The topological polar surface area (TPSA) is 368 Å². The number of aliphatic hydroxyl groups excluding tert-OH is 6. The van der Waals surface area contributed by atoms with Crippen molar-refractivity contribution in [3.63, 3.8) is 0 Å². The number of benzene rings is 1. The first kappa shape index (κ1) is 39.6. The van der Waals surface area contributed by atoms with Gasteiger partial charge in [0.1, 0.15) is 67.1 Å². The summed E-state index contributed by atoms with van der Waals surface area (Å²) in [5, 5.41) is 75.3. The van der Waals surface area contributed by atoms with E-state index in [0.717, 1.165) is 0 Å². The number of fused-ring (bicyclic) bond motifs is 1. The zero-order valence-corrected chi connectivity index (χ0v) is 27.8. The summed E-state index contributed by atoms with van der Waals surface area (Å²) in [6.07, 6.45) is -20.5. The average Bonchev–Trinajstić information content (AvgIpc) is 3.43. The van der Waals surface area contributed by atoms with Gasteiger partial charge in [0, 0.05) is 36.3 Å². The van der Waals surface area contributed by atoms with E-state index in [1.807, 2.05) is 0 Å². The van der Waals surface area contributed by atoms with Crippen LogP contribution in [0.1, 0.15) is 18.3 Å². The van der Waals surface area contributed by atoms with E-state index in [1.54, 1.807) is 0 Å². The number of hydrogen-bond acceptors (Lipinski definition) is 21. The summed E-state index contributed by atoms with van der Waals surface area (Å²) < 4.78 is 47.3. The summed E-state index contributed by atoms with van der Waals surface area (Å²) in [6, 6.07) is 1.28. The van der Waals surface area contributed by atoms with Gasteiger partial charge in [0.2, 0.25) is 0 Å². The zero-order valence-electron chi connectivity index (χ0n) is 27.8. The van der Waals surface area contributed by atoms with Gasteiger partial charge >= 0.3 is 0 Å². The van der Waals surface area contributed by atoms with Crippen molar-refractivity contribution in [1.82, 2.24) is 0 Å². The smallest absolute Gasteiger partial charge is 0.269 e. The van der Waals surface area contributed by atoms with Crippen molar-refractivity contribution in [2.45, 2.75) is 129 Å². The van der Waals surface area contributed by atoms with Crippen LogP contribution in [0.25, 0.3) is 0 Å². The maximum atomic E-state index is 11.3. The monoisotopic (exact) mass is 748 g/mol. The number of ether oxygens (including phenoxy) is 8. The van der Waals surface area contributed by atoms with Gasteiger partial charge in [-0.15, -0.1) is 0 Å². The average molecular weight is 749 g/mol. The fourth-order valence-corrected chi connectivity index (χ4v) is 7.13. The third-order valence-corrected chi connectivity index (χ3v) is 10.2. The van der Waals surface area contributed by atoms with Crippen LogP contribution in [0, 0.1) is 10.1 Å². The molecule has 5 fully saturated rings. The molecule has 0 spiro atoms. The van der Waals surface area contributed by atoms with Crippen LogP contribution < -0.4 is 28.7 Å². The van der Waals surface area contributed by atoms with Gasteiger partial charge in [0.25, 0.3) is 5.69 Å². The number of nitro groups is 1. The summed E-state index contributed by atoms with van der Waals surface area (Å²) in [7, 11) is 0. The Bertz CT molecular complexity index is 1350. The third-order valence-electron chi connectivity index (χ3n) is 10.2. The van der Waals surface area contributed by atoms with E-state index in [4.69, 9.17) is 66.6 Å². The molecule has 1 aromatic rings. The number of hydrogen-bond donors (Lipinski definition) is 11. The second kappa shape index (κ2) is 16.3. The highest BCUT2D eigenvalue weighted by Gasteiger charge is 2.55. The molecule has 4 aliphatic heterocycles. The van der Waals surface area contributed by atoms with E-state index in [1.165, 1.54) is 24.3 Å². The van der Waals surface area contributed by atoms with E-state index >= 15 is 0 Å². The van der Waals surface area contributed by atoms with Gasteiger partial charge in [0.15, 0.2) is 25.2 Å². The van der Waals surface area contributed by atoms with Gasteiger partial charge in [0.05, 0.1) is 36.3 Å². The molecule has 0 bridgehead atoms. The predicted molar refractivity (Wildman–Crippen MR) is 170 cm³/mol.